The molecule has 0 fully saturated rings. The van der Waals surface area contributed by atoms with E-state index in [0.29, 0.717) is 0 Å². The lowest BCUT2D eigenvalue weighted by molar-refractivity contribution is 1.33. The Balaban J connectivity index is 1.33. The van der Waals surface area contributed by atoms with E-state index in [4.69, 9.17) is 9.97 Å². The summed E-state index contributed by atoms with van der Waals surface area (Å²) in [7, 11) is 0. The van der Waals surface area contributed by atoms with E-state index < -0.39 is 0 Å². The molecule has 0 aliphatic heterocycles. The number of nitrogens with zero attached hydrogens (tertiary/aromatic N) is 4. The second kappa shape index (κ2) is 12.1. The third kappa shape index (κ3) is 5.08. The molecule has 0 saturated carbocycles. The van der Waals surface area contributed by atoms with E-state index in [1.165, 1.54) is 54.9 Å². The summed E-state index contributed by atoms with van der Waals surface area (Å²) in [4.78, 5) is 20.2. The second-order valence-electron chi connectivity index (χ2n) is 11.6. The maximum absolute atomic E-state index is 4.73. The average molecular weight is 651 g/mol. The van der Waals surface area contributed by atoms with Crippen LogP contribution in [0.4, 0.5) is 0 Å². The zero-order valence-corrected chi connectivity index (χ0v) is 27.2. The summed E-state index contributed by atoms with van der Waals surface area (Å²) in [5.74, 6) is 0. The molecule has 0 unspecified atom stereocenters. The van der Waals surface area contributed by atoms with Crippen LogP contribution in [0.15, 0.2) is 157 Å². The number of hydrogen-bond acceptors (Lipinski definition) is 6. The molecule has 4 heterocycles. The third-order valence-corrected chi connectivity index (χ3v) is 10.4. The molecule has 0 atom stereocenters. The zero-order chi connectivity index (χ0) is 31.9. The summed E-state index contributed by atoms with van der Waals surface area (Å²) in [5, 5.41) is 4.75. The van der Waals surface area contributed by atoms with Crippen molar-refractivity contribution < 1.29 is 0 Å². The predicted molar refractivity (Wildman–Crippen MR) is 201 cm³/mol. The van der Waals surface area contributed by atoms with Gasteiger partial charge in [0.2, 0.25) is 0 Å². The number of thiazole rings is 2. The molecule has 48 heavy (non-hydrogen) atoms. The SMILES string of the molecule is c1ccc(-c2cccc(-c3ccc4c(-c5ccnc(-c6cncs6)c5)c5ccccc5c(-c5ccnc(-c6cncs6)c5)c4c3)c2)cc1. The quantitative estimate of drug-likeness (QED) is 0.168. The van der Waals surface area contributed by atoms with Gasteiger partial charge in [-0.25, -0.2) is 0 Å². The number of fused-ring (bicyclic) bond motifs is 2. The maximum atomic E-state index is 4.73. The van der Waals surface area contributed by atoms with Crippen LogP contribution >= 0.6 is 22.7 Å². The van der Waals surface area contributed by atoms with Crippen molar-refractivity contribution in [3.8, 4) is 65.6 Å². The van der Waals surface area contributed by atoms with Gasteiger partial charge in [0.1, 0.15) is 0 Å². The lowest BCUT2D eigenvalue weighted by atomic mass is 9.84. The minimum absolute atomic E-state index is 0.923. The fraction of sp³-hybridized carbons (Fsp3) is 0. The first-order valence-electron chi connectivity index (χ1n) is 15.6. The van der Waals surface area contributed by atoms with Gasteiger partial charge in [0.15, 0.2) is 0 Å². The first-order chi connectivity index (χ1) is 23.8. The van der Waals surface area contributed by atoms with Crippen LogP contribution in [0.5, 0.6) is 0 Å². The Bertz CT molecular complexity index is 2560. The van der Waals surface area contributed by atoms with Gasteiger partial charge in [0, 0.05) is 24.8 Å². The molecular formula is C42H26N4S2. The van der Waals surface area contributed by atoms with Crippen LogP contribution in [-0.2, 0) is 0 Å². The average Bonchev–Trinajstić information content (AvgIpc) is 3.90. The van der Waals surface area contributed by atoms with Crippen LogP contribution < -0.4 is 0 Å². The van der Waals surface area contributed by atoms with E-state index in [2.05, 4.69) is 131 Å². The van der Waals surface area contributed by atoms with Crippen molar-refractivity contribution in [2.45, 2.75) is 0 Å². The first kappa shape index (κ1) is 28.4. The largest absolute Gasteiger partial charge is 0.255 e. The summed E-state index contributed by atoms with van der Waals surface area (Å²) < 4.78 is 0. The molecule has 9 rings (SSSR count). The van der Waals surface area contributed by atoms with Crippen molar-refractivity contribution in [2.24, 2.45) is 0 Å². The van der Waals surface area contributed by atoms with Crippen LogP contribution in [0.2, 0.25) is 0 Å². The van der Waals surface area contributed by atoms with Crippen molar-refractivity contribution in [1.29, 1.82) is 0 Å². The molecular weight excluding hydrogens is 625 g/mol. The monoisotopic (exact) mass is 650 g/mol. The van der Waals surface area contributed by atoms with E-state index in [-0.39, 0.29) is 0 Å². The van der Waals surface area contributed by atoms with Gasteiger partial charge in [0.25, 0.3) is 0 Å². The Labute approximate surface area is 285 Å². The molecule has 0 radical (unpaired) electrons. The Kier molecular flexibility index (Phi) is 7.15. The number of aromatic nitrogens is 4. The highest BCUT2D eigenvalue weighted by Gasteiger charge is 2.19. The van der Waals surface area contributed by atoms with Crippen molar-refractivity contribution in [1.82, 2.24) is 19.9 Å². The van der Waals surface area contributed by atoms with Crippen molar-refractivity contribution in [3.05, 3.63) is 157 Å². The van der Waals surface area contributed by atoms with Crippen molar-refractivity contribution >= 4 is 44.2 Å². The minimum Gasteiger partial charge on any atom is -0.255 e. The fourth-order valence-corrected chi connectivity index (χ4v) is 7.79. The van der Waals surface area contributed by atoms with Crippen LogP contribution in [0.25, 0.3) is 87.2 Å². The molecule has 0 amide bonds. The molecule has 6 heteroatoms. The second-order valence-corrected chi connectivity index (χ2v) is 13.4. The molecule has 0 saturated heterocycles. The number of pyridine rings is 2. The summed E-state index contributed by atoms with van der Waals surface area (Å²) in [6.45, 7) is 0. The van der Waals surface area contributed by atoms with E-state index in [1.807, 2.05) is 35.8 Å². The number of rotatable bonds is 6. The highest BCUT2D eigenvalue weighted by Crippen LogP contribution is 2.46. The normalized spacial score (nSPS) is 11.3. The topological polar surface area (TPSA) is 51.6 Å². The van der Waals surface area contributed by atoms with E-state index in [0.717, 1.165) is 32.3 Å². The smallest absolute Gasteiger partial charge is 0.0824 e. The summed E-state index contributed by atoms with van der Waals surface area (Å²) >= 11 is 3.21. The van der Waals surface area contributed by atoms with Gasteiger partial charge in [-0.3, -0.25) is 19.9 Å². The predicted octanol–water partition coefficient (Wildman–Crippen LogP) is 11.7. The molecule has 4 nitrogen and oxygen atoms in total. The van der Waals surface area contributed by atoms with Crippen LogP contribution in [-0.4, -0.2) is 19.9 Å². The third-order valence-electron chi connectivity index (χ3n) is 8.79. The molecule has 0 N–H and O–H groups in total. The molecule has 9 aromatic rings. The van der Waals surface area contributed by atoms with Gasteiger partial charge < -0.3 is 0 Å². The maximum Gasteiger partial charge on any atom is 0.0824 e. The van der Waals surface area contributed by atoms with Gasteiger partial charge in [-0.2, -0.15) is 0 Å². The van der Waals surface area contributed by atoms with E-state index in [9.17, 15) is 0 Å². The molecule has 226 valence electrons. The molecule has 5 aromatic carbocycles. The Morgan fingerprint density at radius 3 is 1.50 bits per heavy atom. The Hall–Kier alpha value is -5.82. The number of benzene rings is 5. The van der Waals surface area contributed by atoms with Gasteiger partial charge in [-0.05, 0) is 102 Å². The van der Waals surface area contributed by atoms with Crippen molar-refractivity contribution in [3.63, 3.8) is 0 Å². The molecule has 0 spiro atoms. The van der Waals surface area contributed by atoms with Gasteiger partial charge in [0.05, 0.1) is 32.2 Å². The lowest BCUT2D eigenvalue weighted by Gasteiger charge is -2.19. The Morgan fingerprint density at radius 2 is 0.896 bits per heavy atom. The van der Waals surface area contributed by atoms with Crippen LogP contribution in [0.3, 0.4) is 0 Å². The van der Waals surface area contributed by atoms with Crippen molar-refractivity contribution in [2.75, 3.05) is 0 Å². The summed E-state index contributed by atoms with van der Waals surface area (Å²) in [6, 6.07) is 43.7. The highest BCUT2D eigenvalue weighted by atomic mass is 32.1. The standard InChI is InChI=1S/C42H26N4S2/c1-2-7-27(8-3-1)28-9-6-10-29(19-28)30-13-14-35-36(20-30)42(32-16-18-46-38(22-32)40-24-44-26-48-40)34-12-5-4-11-33(34)41(35)31-15-17-45-37(21-31)39-23-43-25-47-39/h1-26H. The van der Waals surface area contributed by atoms with Crippen LogP contribution in [0, 0.1) is 0 Å². The summed E-state index contributed by atoms with van der Waals surface area (Å²) in [5.41, 5.74) is 14.9. The van der Waals surface area contributed by atoms with E-state index >= 15 is 0 Å². The van der Waals surface area contributed by atoms with E-state index in [1.54, 1.807) is 22.7 Å². The lowest BCUT2D eigenvalue weighted by Crippen LogP contribution is -1.93. The molecule has 0 bridgehead atoms. The highest BCUT2D eigenvalue weighted by molar-refractivity contribution is 7.13. The Morgan fingerprint density at radius 1 is 0.375 bits per heavy atom. The fourth-order valence-electron chi connectivity index (χ4n) is 6.62. The molecule has 4 aromatic heterocycles. The van der Waals surface area contributed by atoms with Gasteiger partial charge in [-0.1, -0.05) is 84.9 Å². The number of hydrogen-bond donors (Lipinski definition) is 0. The van der Waals surface area contributed by atoms with Gasteiger partial charge >= 0.3 is 0 Å². The summed E-state index contributed by atoms with van der Waals surface area (Å²) in [6.07, 6.45) is 7.59. The van der Waals surface area contributed by atoms with Gasteiger partial charge in [-0.15, -0.1) is 22.7 Å². The van der Waals surface area contributed by atoms with Crippen LogP contribution in [0.1, 0.15) is 0 Å². The zero-order valence-electron chi connectivity index (χ0n) is 25.6. The first-order valence-corrected chi connectivity index (χ1v) is 17.4. The molecule has 0 aliphatic carbocycles. The molecule has 0 aliphatic rings. The minimum atomic E-state index is 0.923.